The molecule has 90 valence electrons. The molecule has 1 aliphatic rings. The van der Waals surface area contributed by atoms with Gasteiger partial charge in [0.15, 0.2) is 0 Å². The van der Waals surface area contributed by atoms with Crippen LogP contribution in [0, 0.1) is 0 Å². The molecule has 1 rings (SSSR count). The lowest BCUT2D eigenvalue weighted by Crippen LogP contribution is -2.53. The van der Waals surface area contributed by atoms with Gasteiger partial charge in [-0.2, -0.15) is 0 Å². The monoisotopic (exact) mass is 214 g/mol. The number of ether oxygens (including phenoxy) is 1. The van der Waals surface area contributed by atoms with E-state index < -0.39 is 0 Å². The van der Waals surface area contributed by atoms with Crippen molar-refractivity contribution < 1.29 is 4.74 Å². The number of nitrogens with one attached hydrogen (secondary N) is 1. The highest BCUT2D eigenvalue weighted by Gasteiger charge is 2.19. The lowest BCUT2D eigenvalue weighted by atomic mass is 10.2. The second kappa shape index (κ2) is 8.08. The molecule has 0 amide bonds. The molecule has 0 saturated carbocycles. The van der Waals surface area contributed by atoms with Crippen LogP contribution in [0.5, 0.6) is 0 Å². The van der Waals surface area contributed by atoms with Gasteiger partial charge in [-0.1, -0.05) is 26.7 Å². The third-order valence-electron chi connectivity index (χ3n) is 2.94. The van der Waals surface area contributed by atoms with Gasteiger partial charge in [-0.25, -0.2) is 0 Å². The van der Waals surface area contributed by atoms with E-state index in [1.165, 1.54) is 38.8 Å². The molecule has 0 bridgehead atoms. The van der Waals surface area contributed by atoms with Crippen molar-refractivity contribution >= 4 is 0 Å². The summed E-state index contributed by atoms with van der Waals surface area (Å²) in [5, 5.41) is 3.54. The van der Waals surface area contributed by atoms with E-state index in [0.29, 0.717) is 6.17 Å². The van der Waals surface area contributed by atoms with Crippen molar-refractivity contribution in [3.05, 3.63) is 0 Å². The summed E-state index contributed by atoms with van der Waals surface area (Å²) in [6, 6.07) is 0. The molecule has 0 aliphatic carbocycles. The number of nitrogens with zero attached hydrogens (tertiary/aromatic N) is 1. The summed E-state index contributed by atoms with van der Waals surface area (Å²) >= 11 is 0. The van der Waals surface area contributed by atoms with Crippen molar-refractivity contribution in [3.8, 4) is 0 Å². The van der Waals surface area contributed by atoms with Crippen LogP contribution in [0.1, 0.15) is 39.5 Å². The summed E-state index contributed by atoms with van der Waals surface area (Å²) in [4.78, 5) is 2.55. The average Bonchev–Trinajstić information content (AvgIpc) is 2.30. The zero-order valence-electron chi connectivity index (χ0n) is 10.3. The van der Waals surface area contributed by atoms with Gasteiger partial charge in [0.2, 0.25) is 0 Å². The minimum absolute atomic E-state index is 0.455. The first-order valence-electron chi connectivity index (χ1n) is 6.43. The maximum absolute atomic E-state index is 5.52. The Labute approximate surface area is 94.2 Å². The Bertz CT molecular complexity index is 139. The molecule has 0 aromatic carbocycles. The molecule has 1 fully saturated rings. The SMILES string of the molecule is CCCCN(CCCC)C1COCCN1. The number of rotatable bonds is 7. The van der Waals surface area contributed by atoms with Gasteiger partial charge in [0.05, 0.1) is 19.4 Å². The van der Waals surface area contributed by atoms with Crippen molar-refractivity contribution in [2.45, 2.75) is 45.7 Å². The zero-order valence-corrected chi connectivity index (χ0v) is 10.3. The lowest BCUT2D eigenvalue weighted by Gasteiger charge is -2.34. The number of hydrogen-bond donors (Lipinski definition) is 1. The second-order valence-corrected chi connectivity index (χ2v) is 4.29. The van der Waals surface area contributed by atoms with E-state index in [4.69, 9.17) is 4.74 Å². The van der Waals surface area contributed by atoms with Crippen LogP contribution in [0.4, 0.5) is 0 Å². The molecule has 1 unspecified atom stereocenters. The van der Waals surface area contributed by atoms with Crippen LogP contribution in [0.15, 0.2) is 0 Å². The van der Waals surface area contributed by atoms with Crippen LogP contribution in [-0.4, -0.2) is 43.9 Å². The molecular weight excluding hydrogens is 188 g/mol. The van der Waals surface area contributed by atoms with Crippen molar-refractivity contribution in [2.24, 2.45) is 0 Å². The number of hydrogen-bond acceptors (Lipinski definition) is 3. The molecule has 3 nitrogen and oxygen atoms in total. The van der Waals surface area contributed by atoms with Gasteiger partial charge >= 0.3 is 0 Å². The van der Waals surface area contributed by atoms with E-state index in [1.54, 1.807) is 0 Å². The number of unbranched alkanes of at least 4 members (excludes halogenated alkanes) is 2. The van der Waals surface area contributed by atoms with Crippen LogP contribution in [0.3, 0.4) is 0 Å². The summed E-state index contributed by atoms with van der Waals surface area (Å²) in [6.45, 7) is 9.64. The minimum Gasteiger partial charge on any atom is -0.377 e. The molecule has 0 radical (unpaired) electrons. The smallest absolute Gasteiger partial charge is 0.0839 e. The van der Waals surface area contributed by atoms with Gasteiger partial charge in [0.1, 0.15) is 0 Å². The van der Waals surface area contributed by atoms with Gasteiger partial charge in [-0.05, 0) is 25.9 Å². The lowest BCUT2D eigenvalue weighted by molar-refractivity contribution is 0.00799. The summed E-state index contributed by atoms with van der Waals surface area (Å²) in [7, 11) is 0. The van der Waals surface area contributed by atoms with E-state index in [0.717, 1.165) is 19.8 Å². The standard InChI is InChI=1S/C12H26N2O/c1-3-5-8-14(9-6-4-2)12-11-15-10-7-13-12/h12-13H,3-11H2,1-2H3. The van der Waals surface area contributed by atoms with E-state index in [2.05, 4.69) is 24.1 Å². The Balaban J connectivity index is 2.30. The van der Waals surface area contributed by atoms with Crippen molar-refractivity contribution in [1.29, 1.82) is 0 Å². The van der Waals surface area contributed by atoms with E-state index in [1.807, 2.05) is 0 Å². The number of morpholine rings is 1. The molecule has 1 saturated heterocycles. The Morgan fingerprint density at radius 3 is 2.33 bits per heavy atom. The molecule has 1 aliphatic heterocycles. The Morgan fingerprint density at radius 1 is 1.20 bits per heavy atom. The fraction of sp³-hybridized carbons (Fsp3) is 1.00. The van der Waals surface area contributed by atoms with Crippen molar-refractivity contribution in [1.82, 2.24) is 10.2 Å². The van der Waals surface area contributed by atoms with Gasteiger partial charge in [0.25, 0.3) is 0 Å². The Morgan fingerprint density at radius 2 is 1.87 bits per heavy atom. The first-order valence-corrected chi connectivity index (χ1v) is 6.43. The molecule has 3 heteroatoms. The molecule has 1 N–H and O–H groups in total. The van der Waals surface area contributed by atoms with Crippen LogP contribution in [0.2, 0.25) is 0 Å². The molecule has 0 spiro atoms. The maximum atomic E-state index is 5.52. The van der Waals surface area contributed by atoms with Gasteiger partial charge in [-0.3, -0.25) is 10.2 Å². The summed E-state index contributed by atoms with van der Waals surface area (Å²) in [6.07, 6.45) is 5.59. The molecule has 1 atom stereocenters. The second-order valence-electron chi connectivity index (χ2n) is 4.29. The molecule has 15 heavy (non-hydrogen) atoms. The minimum atomic E-state index is 0.455. The molecule has 0 aromatic heterocycles. The predicted octanol–water partition coefficient (Wildman–Crippen LogP) is 1.83. The first-order chi connectivity index (χ1) is 7.38. The summed E-state index contributed by atoms with van der Waals surface area (Å²) < 4.78 is 5.52. The fourth-order valence-corrected chi connectivity index (χ4v) is 1.93. The largest absolute Gasteiger partial charge is 0.377 e. The van der Waals surface area contributed by atoms with Gasteiger partial charge in [0, 0.05) is 6.54 Å². The Hall–Kier alpha value is -0.120. The van der Waals surface area contributed by atoms with Crippen LogP contribution >= 0.6 is 0 Å². The fourth-order valence-electron chi connectivity index (χ4n) is 1.93. The first kappa shape index (κ1) is 12.9. The van der Waals surface area contributed by atoms with Crippen LogP contribution in [-0.2, 0) is 4.74 Å². The highest BCUT2D eigenvalue weighted by molar-refractivity contribution is 4.72. The average molecular weight is 214 g/mol. The maximum Gasteiger partial charge on any atom is 0.0839 e. The highest BCUT2D eigenvalue weighted by Crippen LogP contribution is 2.06. The molecule has 0 aromatic rings. The van der Waals surface area contributed by atoms with Gasteiger partial charge < -0.3 is 4.74 Å². The zero-order chi connectivity index (χ0) is 10.9. The van der Waals surface area contributed by atoms with E-state index >= 15 is 0 Å². The summed E-state index contributed by atoms with van der Waals surface area (Å²) in [5.74, 6) is 0. The van der Waals surface area contributed by atoms with E-state index in [-0.39, 0.29) is 0 Å². The normalized spacial score (nSPS) is 22.2. The highest BCUT2D eigenvalue weighted by atomic mass is 16.5. The third-order valence-corrected chi connectivity index (χ3v) is 2.94. The van der Waals surface area contributed by atoms with Crippen LogP contribution in [0.25, 0.3) is 0 Å². The quantitative estimate of drug-likeness (QED) is 0.700. The molecular formula is C12H26N2O. The topological polar surface area (TPSA) is 24.5 Å². The molecule has 1 heterocycles. The Kier molecular flexibility index (Phi) is 6.98. The third kappa shape index (κ3) is 4.96. The van der Waals surface area contributed by atoms with Crippen LogP contribution < -0.4 is 5.32 Å². The van der Waals surface area contributed by atoms with E-state index in [9.17, 15) is 0 Å². The predicted molar refractivity (Wildman–Crippen MR) is 64.0 cm³/mol. The van der Waals surface area contributed by atoms with Gasteiger partial charge in [-0.15, -0.1) is 0 Å². The summed E-state index contributed by atoms with van der Waals surface area (Å²) in [5.41, 5.74) is 0. The van der Waals surface area contributed by atoms with Crippen molar-refractivity contribution in [3.63, 3.8) is 0 Å². The van der Waals surface area contributed by atoms with Crippen molar-refractivity contribution in [2.75, 3.05) is 32.8 Å².